The molecule has 1 amide bonds. The molecule has 1 unspecified atom stereocenters. The largest absolute Gasteiger partial charge is 0.405 e. The van der Waals surface area contributed by atoms with Crippen molar-refractivity contribution < 1.29 is 23.1 Å². The average Bonchev–Trinajstić information content (AvgIpc) is 3.48. The van der Waals surface area contributed by atoms with Crippen molar-refractivity contribution in [1.29, 1.82) is 0 Å². The fourth-order valence-corrected chi connectivity index (χ4v) is 6.01. The maximum atomic E-state index is 12.8. The molecule has 2 heterocycles. The Morgan fingerprint density at radius 2 is 1.73 bits per heavy atom. The van der Waals surface area contributed by atoms with Gasteiger partial charge < -0.3 is 20.3 Å². The number of hydrogen-bond acceptors (Lipinski definition) is 9. The summed E-state index contributed by atoms with van der Waals surface area (Å²) in [6.07, 6.45) is 29.5. The van der Waals surface area contributed by atoms with Gasteiger partial charge in [0.15, 0.2) is 0 Å². The van der Waals surface area contributed by atoms with Gasteiger partial charge in [-0.1, -0.05) is 67.7 Å². The van der Waals surface area contributed by atoms with Crippen molar-refractivity contribution >= 4 is 31.2 Å². The minimum atomic E-state index is -3.59. The molecule has 4 N–H and O–H groups in total. The van der Waals surface area contributed by atoms with Crippen LogP contribution in [0.15, 0.2) is 77.8 Å². The van der Waals surface area contributed by atoms with Crippen LogP contribution in [-0.2, 0) is 23.1 Å². The first kappa shape index (κ1) is 37.5. The Morgan fingerprint density at radius 3 is 2.34 bits per heavy atom. The summed E-state index contributed by atoms with van der Waals surface area (Å²) < 4.78 is 30.6. The first-order valence-corrected chi connectivity index (χ1v) is 17.6. The number of amides is 1. The van der Waals surface area contributed by atoms with E-state index in [1.165, 1.54) is 35.7 Å². The molecule has 0 spiro atoms. The quantitative estimate of drug-likeness (QED) is 0.0799. The Hall–Kier alpha value is -2.73. The van der Waals surface area contributed by atoms with Crippen LogP contribution < -0.4 is 21.8 Å². The first-order chi connectivity index (χ1) is 21.4. The summed E-state index contributed by atoms with van der Waals surface area (Å²) in [5, 5.41) is 5.54. The molecule has 0 radical (unpaired) electrons. The minimum Gasteiger partial charge on any atom is -0.383 e. The third-order valence-corrected chi connectivity index (χ3v) is 8.88. The highest BCUT2D eigenvalue weighted by Crippen LogP contribution is 2.44. The molecule has 0 saturated carbocycles. The number of aromatic nitrogens is 2. The molecule has 0 aliphatic carbocycles. The Kier molecular flexibility index (Phi) is 19.3. The highest BCUT2D eigenvalue weighted by molar-refractivity contribution is 8.00. The number of nitrogens with zero attached hydrogens (tertiary/aromatic N) is 2. The first-order valence-electron chi connectivity index (χ1n) is 15.1. The van der Waals surface area contributed by atoms with Crippen molar-refractivity contribution in [1.82, 2.24) is 20.0 Å². The molecular formula is C31H48N5O6PS. The predicted molar refractivity (Wildman–Crippen MR) is 179 cm³/mol. The van der Waals surface area contributed by atoms with Crippen LogP contribution >= 0.6 is 19.5 Å². The second-order valence-electron chi connectivity index (χ2n) is 9.73. The van der Waals surface area contributed by atoms with E-state index in [0.717, 1.165) is 44.9 Å². The van der Waals surface area contributed by atoms with E-state index < -0.39 is 25.1 Å². The van der Waals surface area contributed by atoms with Crippen molar-refractivity contribution in [2.24, 2.45) is 0 Å². The Balaban J connectivity index is 1.50. The molecule has 1 aliphatic heterocycles. The van der Waals surface area contributed by atoms with Gasteiger partial charge in [-0.15, -0.1) is 11.8 Å². The lowest BCUT2D eigenvalue weighted by atomic mass is 10.2. The number of nitrogens with one attached hydrogen (secondary N) is 2. The van der Waals surface area contributed by atoms with Crippen LogP contribution in [0.1, 0.15) is 64.5 Å². The number of thioether (sulfide) groups is 1. The number of allylic oxidation sites excluding steroid dienone is 10. The second-order valence-corrected chi connectivity index (χ2v) is 12.9. The van der Waals surface area contributed by atoms with Gasteiger partial charge in [-0.3, -0.25) is 13.9 Å². The lowest BCUT2D eigenvalue weighted by molar-refractivity contribution is -0.121. The molecule has 3 atom stereocenters. The lowest BCUT2D eigenvalue weighted by Gasteiger charge is -2.20. The summed E-state index contributed by atoms with van der Waals surface area (Å²) in [6.45, 7) is 2.61. The summed E-state index contributed by atoms with van der Waals surface area (Å²) in [4.78, 5) is 27.8. The van der Waals surface area contributed by atoms with E-state index in [2.05, 4.69) is 83.1 Å². The van der Waals surface area contributed by atoms with Crippen LogP contribution in [0.25, 0.3) is 0 Å². The van der Waals surface area contributed by atoms with E-state index in [1.807, 2.05) is 0 Å². The van der Waals surface area contributed by atoms with Crippen molar-refractivity contribution in [3.8, 4) is 0 Å². The maximum Gasteiger partial charge on any atom is 0.405 e. The van der Waals surface area contributed by atoms with Gasteiger partial charge in [0, 0.05) is 38.6 Å². The van der Waals surface area contributed by atoms with Crippen LogP contribution in [0.3, 0.4) is 0 Å². The zero-order chi connectivity index (χ0) is 31.9. The molecule has 1 saturated heterocycles. The summed E-state index contributed by atoms with van der Waals surface area (Å²) in [7, 11) is -2.31. The Labute approximate surface area is 265 Å². The summed E-state index contributed by atoms with van der Waals surface area (Å²) in [5.74, 6) is 0.570. The molecule has 1 aromatic heterocycles. The smallest absolute Gasteiger partial charge is 0.383 e. The standard InChI is InChI=1S/C31H48N5O6PS/c1-3-4-5-6-7-8-9-10-11-12-13-14-15-16-17-18-19-20-28(37)33-22-23-34-43(39,40-2)41-25-30-42-29(26-44-30)36-24-21-27(32)35-31(36)38/h4-5,7-8,10-11,13-14,16-17,21,24,29-30H,3,6,9,12,15,18-20,22-23,25-26H2,1-2H3,(H,33,37)(H,34,39)(H2,32,35,38)/b5-4-,8-7-,11-10-,14-13-,17-16-/t29-,30+,43?/m0/s1. The highest BCUT2D eigenvalue weighted by Gasteiger charge is 2.31. The van der Waals surface area contributed by atoms with Crippen LogP contribution in [0.5, 0.6) is 0 Å². The van der Waals surface area contributed by atoms with Crippen LogP contribution in [0.2, 0.25) is 0 Å². The van der Waals surface area contributed by atoms with E-state index in [1.54, 1.807) is 0 Å². The normalized spacial score (nSPS) is 18.9. The molecular weight excluding hydrogens is 601 g/mol. The third kappa shape index (κ3) is 16.4. The van der Waals surface area contributed by atoms with Gasteiger partial charge in [0.25, 0.3) is 0 Å². The molecule has 0 bridgehead atoms. The van der Waals surface area contributed by atoms with Crippen LogP contribution in [-0.4, -0.2) is 53.5 Å². The number of ether oxygens (including phenoxy) is 1. The fraction of sp³-hybridized carbons (Fsp3) is 0.516. The summed E-state index contributed by atoms with van der Waals surface area (Å²) >= 11 is 1.42. The zero-order valence-corrected chi connectivity index (χ0v) is 27.6. The molecule has 1 aromatic rings. The van der Waals surface area contributed by atoms with E-state index in [9.17, 15) is 14.2 Å². The minimum absolute atomic E-state index is 0.0153. The molecule has 11 nitrogen and oxygen atoms in total. The van der Waals surface area contributed by atoms with Gasteiger partial charge in [-0.05, 0) is 51.0 Å². The van der Waals surface area contributed by atoms with Crippen LogP contribution in [0, 0.1) is 0 Å². The lowest BCUT2D eigenvalue weighted by Crippen LogP contribution is -2.31. The van der Waals surface area contributed by atoms with Gasteiger partial charge in [0.05, 0.1) is 6.61 Å². The topological polar surface area (TPSA) is 147 Å². The molecule has 1 aliphatic rings. The molecule has 13 heteroatoms. The zero-order valence-electron chi connectivity index (χ0n) is 25.8. The van der Waals surface area contributed by atoms with Gasteiger partial charge in [0.1, 0.15) is 17.5 Å². The van der Waals surface area contributed by atoms with Crippen molar-refractivity contribution in [2.45, 2.75) is 70.0 Å². The number of rotatable bonds is 22. The van der Waals surface area contributed by atoms with E-state index in [-0.39, 0.29) is 31.4 Å². The molecule has 1 fully saturated rings. The van der Waals surface area contributed by atoms with E-state index in [0.29, 0.717) is 12.2 Å². The molecule has 2 rings (SSSR count). The number of hydrogen-bond donors (Lipinski definition) is 3. The van der Waals surface area contributed by atoms with E-state index in [4.69, 9.17) is 19.5 Å². The van der Waals surface area contributed by atoms with Crippen LogP contribution in [0.4, 0.5) is 5.82 Å². The maximum absolute atomic E-state index is 12.8. The number of unbranched alkanes of at least 4 members (excludes halogenated alkanes) is 1. The molecule has 0 aromatic carbocycles. The number of carbonyl (C=O) groups is 1. The van der Waals surface area contributed by atoms with Crippen molar-refractivity contribution in [3.63, 3.8) is 0 Å². The summed E-state index contributed by atoms with van der Waals surface area (Å²) in [6, 6.07) is 1.52. The number of nitrogens with two attached hydrogens (primary N) is 1. The summed E-state index contributed by atoms with van der Waals surface area (Å²) in [5.41, 5.74) is 4.58. The van der Waals surface area contributed by atoms with Gasteiger partial charge >= 0.3 is 13.4 Å². The van der Waals surface area contributed by atoms with Crippen molar-refractivity contribution in [3.05, 3.63) is 83.5 Å². The second kappa shape index (κ2) is 22.7. The fourth-order valence-electron chi connectivity index (χ4n) is 3.88. The highest BCUT2D eigenvalue weighted by atomic mass is 32.2. The average molecular weight is 650 g/mol. The van der Waals surface area contributed by atoms with E-state index >= 15 is 0 Å². The monoisotopic (exact) mass is 649 g/mol. The molecule has 44 heavy (non-hydrogen) atoms. The molecule has 244 valence electrons. The number of carbonyl (C=O) groups excluding carboxylic acids is 1. The SMILES string of the molecule is CC/C=C\C/C=C\C/C=C\C/C=C\C/C=C\CCCC(=O)NCCNP(=O)(OC)OC[C@@H]1O[C@H](n2ccc(N)nc2=O)CS1. The Bertz CT molecular complexity index is 1230. The van der Waals surface area contributed by atoms with Gasteiger partial charge in [0.2, 0.25) is 5.91 Å². The Morgan fingerprint density at radius 1 is 1.09 bits per heavy atom. The van der Waals surface area contributed by atoms with Gasteiger partial charge in [-0.25, -0.2) is 14.4 Å². The van der Waals surface area contributed by atoms with Gasteiger partial charge in [-0.2, -0.15) is 4.98 Å². The number of nitrogen functional groups attached to an aromatic ring is 1. The van der Waals surface area contributed by atoms with Crippen molar-refractivity contribution in [2.75, 3.05) is 38.3 Å². The predicted octanol–water partition coefficient (Wildman–Crippen LogP) is 5.81. The number of anilines is 1. The third-order valence-electron chi connectivity index (χ3n) is 6.20.